The lowest BCUT2D eigenvalue weighted by Crippen LogP contribution is -2.19. The van der Waals surface area contributed by atoms with E-state index < -0.39 is 0 Å². The molecule has 0 bridgehead atoms. The van der Waals surface area contributed by atoms with Crippen molar-refractivity contribution in [2.24, 2.45) is 0 Å². The molecule has 412 valence electrons. The van der Waals surface area contributed by atoms with Crippen LogP contribution in [0.5, 0.6) is 0 Å². The third-order valence-corrected chi connectivity index (χ3v) is 20.1. The number of fused-ring (bicyclic) bond motifs is 21. The average Bonchev–Trinajstić information content (AvgIpc) is 1.19. The lowest BCUT2D eigenvalue weighted by Gasteiger charge is -2.17. The Balaban J connectivity index is 0.780. The van der Waals surface area contributed by atoms with Gasteiger partial charge in [0.1, 0.15) is 0 Å². The summed E-state index contributed by atoms with van der Waals surface area (Å²) in [5.41, 5.74) is 12.4. The number of benzene rings is 15. The number of hydrogen-bond donors (Lipinski definition) is 0. The second kappa shape index (κ2) is 19.3. The molecule has 5 heteroatoms. The van der Waals surface area contributed by atoms with Crippen LogP contribution in [-0.4, -0.2) is 9.13 Å². The summed E-state index contributed by atoms with van der Waals surface area (Å²) in [4.78, 5) is 29.6. The molecule has 0 amide bonds. The Hall–Kier alpha value is -11.0. The molecule has 4 nitrogen and oxygen atoms in total. The molecule has 0 aliphatic heterocycles. The summed E-state index contributed by atoms with van der Waals surface area (Å²) in [5, 5.41) is 22.3. The van der Waals surface area contributed by atoms with Crippen molar-refractivity contribution in [1.82, 2.24) is 9.13 Å². The van der Waals surface area contributed by atoms with Gasteiger partial charge in [-0.3, -0.25) is 18.7 Å². The molecule has 18 aromatic rings. The summed E-state index contributed by atoms with van der Waals surface area (Å²) in [6, 6.07) is 95.9. The first-order valence-electron chi connectivity index (χ1n) is 30.3. The van der Waals surface area contributed by atoms with Gasteiger partial charge in [0.25, 0.3) is 11.1 Å². The Kier molecular flexibility index (Phi) is 11.0. The van der Waals surface area contributed by atoms with E-state index in [2.05, 4.69) is 232 Å². The molecule has 0 saturated carbocycles. The summed E-state index contributed by atoms with van der Waals surface area (Å²) in [7, 11) is 0. The smallest absolute Gasteiger partial charge is 0.263 e. The molecule has 3 aromatic heterocycles. The first kappa shape index (κ1) is 50.4. The summed E-state index contributed by atoms with van der Waals surface area (Å²) < 4.78 is 6.10. The van der Waals surface area contributed by atoms with Crippen LogP contribution >= 0.6 is 11.3 Å². The first-order valence-corrected chi connectivity index (χ1v) is 31.1. The maximum absolute atomic E-state index is 14.9. The maximum atomic E-state index is 14.9. The van der Waals surface area contributed by atoms with E-state index in [0.29, 0.717) is 5.39 Å². The van der Waals surface area contributed by atoms with Crippen LogP contribution < -0.4 is 11.1 Å². The molecule has 3 heterocycles. The zero-order valence-corrected chi connectivity index (χ0v) is 49.0. The number of aromatic nitrogens is 2. The summed E-state index contributed by atoms with van der Waals surface area (Å²) in [6.45, 7) is 4.27. The van der Waals surface area contributed by atoms with Crippen LogP contribution in [0.2, 0.25) is 0 Å². The van der Waals surface area contributed by atoms with Crippen LogP contribution in [0.4, 0.5) is 0 Å². The predicted molar refractivity (Wildman–Crippen MR) is 376 cm³/mol. The second-order valence-electron chi connectivity index (χ2n) is 23.7. The van der Waals surface area contributed by atoms with Gasteiger partial charge in [-0.1, -0.05) is 188 Å². The molecule has 0 saturated heterocycles. The Morgan fingerprint density at radius 2 is 0.682 bits per heavy atom. The topological polar surface area (TPSA) is 44.0 Å². The van der Waals surface area contributed by atoms with Crippen molar-refractivity contribution in [1.29, 1.82) is 0 Å². The van der Waals surface area contributed by atoms with Gasteiger partial charge in [0.2, 0.25) is 0 Å². The number of hydrogen-bond acceptors (Lipinski definition) is 3. The molecule has 0 atom stereocenters. The monoisotopic (exact) mass is 1140 g/mol. The van der Waals surface area contributed by atoms with Crippen LogP contribution in [-0.2, 0) is 6.42 Å². The van der Waals surface area contributed by atoms with Crippen molar-refractivity contribution >= 4 is 139 Å². The highest BCUT2D eigenvalue weighted by Crippen LogP contribution is 2.45. The number of thiophene rings is 1. The van der Waals surface area contributed by atoms with Gasteiger partial charge in [-0.05, 0) is 219 Å². The highest BCUT2D eigenvalue weighted by molar-refractivity contribution is 7.26. The van der Waals surface area contributed by atoms with Crippen molar-refractivity contribution in [3.05, 3.63) is 299 Å². The van der Waals surface area contributed by atoms with E-state index in [9.17, 15) is 9.59 Å². The van der Waals surface area contributed by atoms with E-state index >= 15 is 0 Å². The lowest BCUT2D eigenvalue weighted by atomic mass is 9.89. The van der Waals surface area contributed by atoms with Gasteiger partial charge in [0, 0.05) is 42.7 Å². The van der Waals surface area contributed by atoms with E-state index in [-0.39, 0.29) is 11.1 Å². The fourth-order valence-corrected chi connectivity index (χ4v) is 15.8. The standard InChI is InChI=1S/C83H52N2O2S/c1-3-49-25-37-78-74(41-49)69-40-48(2)24-32-67(69)83(87)85(78)79-23-13-22-66-76-47-55(31-39-80(76)88-81(66)79)52-28-35-65-71(43-52)62-21-12-10-19-60(62)64-34-27-51(44-72(64)65)54-30-38-77-75(46-54)73-45-53(29-36-68(73)82(86)84(77)56-14-5-4-6-15-56)50-26-33-63-59-18-8-7-16-57(59)58-17-9-11-20-61(58)70(63)42-50/h4-47H,3H2,1-2H3. The zero-order valence-electron chi connectivity index (χ0n) is 48.2. The molecule has 0 radical (unpaired) electrons. The Morgan fingerprint density at radius 3 is 1.25 bits per heavy atom. The second-order valence-corrected chi connectivity index (χ2v) is 24.8. The zero-order chi connectivity index (χ0) is 58.5. The minimum atomic E-state index is -0.0469. The molecular weight excluding hydrogens is 1090 g/mol. The Bertz CT molecular complexity index is 6190. The van der Waals surface area contributed by atoms with Gasteiger partial charge in [-0.15, -0.1) is 11.3 Å². The van der Waals surface area contributed by atoms with Crippen LogP contribution in [0.15, 0.2) is 277 Å². The fraction of sp³-hybridized carbons (Fsp3) is 0.0361. The van der Waals surface area contributed by atoms with Gasteiger partial charge >= 0.3 is 0 Å². The van der Waals surface area contributed by atoms with E-state index in [1.54, 1.807) is 11.3 Å². The summed E-state index contributed by atoms with van der Waals surface area (Å²) >= 11 is 1.75. The van der Waals surface area contributed by atoms with Crippen LogP contribution in [0.3, 0.4) is 0 Å². The number of nitrogens with zero attached hydrogens (tertiary/aromatic N) is 2. The minimum absolute atomic E-state index is 0.00300. The van der Waals surface area contributed by atoms with Crippen molar-refractivity contribution < 1.29 is 0 Å². The number of aryl methyl sites for hydroxylation is 2. The quantitative estimate of drug-likeness (QED) is 0.156. The van der Waals surface area contributed by atoms with Crippen LogP contribution in [0, 0.1) is 6.92 Å². The fourth-order valence-electron chi connectivity index (χ4n) is 14.6. The maximum Gasteiger partial charge on any atom is 0.263 e. The van der Waals surface area contributed by atoms with E-state index in [1.807, 2.05) is 57.7 Å². The van der Waals surface area contributed by atoms with E-state index in [1.165, 1.54) is 80.3 Å². The normalized spacial score (nSPS) is 12.1. The van der Waals surface area contributed by atoms with Crippen LogP contribution in [0.25, 0.3) is 173 Å². The largest absolute Gasteiger partial charge is 0.276 e. The molecule has 0 aliphatic carbocycles. The number of para-hydroxylation sites is 1. The third kappa shape index (κ3) is 7.51. The molecule has 15 aromatic carbocycles. The van der Waals surface area contributed by atoms with Crippen molar-refractivity contribution in [2.45, 2.75) is 20.3 Å². The van der Waals surface area contributed by atoms with E-state index in [0.717, 1.165) is 105 Å². The predicted octanol–water partition coefficient (Wildman–Crippen LogP) is 21.8. The lowest BCUT2D eigenvalue weighted by molar-refractivity contribution is 1.06. The number of rotatable bonds is 6. The SMILES string of the molecule is CCc1ccc2c(c1)c1cc(C)ccc1c(=O)n2-c1cccc2c1sc1ccc(-c3ccc4c(c3)c3ccccc3c3ccc(-c5ccc6c(c5)c5cc(-c7ccc8c9ccccc9c9ccccc9c8c7)ccc5c(=O)n6-c5ccccc5)cc34)cc12. The summed E-state index contributed by atoms with van der Waals surface area (Å²) in [6.07, 6.45) is 0.918. The highest BCUT2D eigenvalue weighted by atomic mass is 32.1. The first-order chi connectivity index (χ1) is 43.3. The molecular formula is C83H52N2O2S. The van der Waals surface area contributed by atoms with Gasteiger partial charge < -0.3 is 0 Å². The van der Waals surface area contributed by atoms with E-state index in [4.69, 9.17) is 0 Å². The molecule has 0 aliphatic rings. The third-order valence-electron chi connectivity index (χ3n) is 18.9. The highest BCUT2D eigenvalue weighted by Gasteiger charge is 2.21. The molecule has 0 unspecified atom stereocenters. The van der Waals surface area contributed by atoms with Crippen molar-refractivity contribution in [3.8, 4) is 44.8 Å². The van der Waals surface area contributed by atoms with Crippen molar-refractivity contribution in [3.63, 3.8) is 0 Å². The summed E-state index contributed by atoms with van der Waals surface area (Å²) in [5.74, 6) is 0. The Labute approximate surface area is 509 Å². The number of pyridine rings is 2. The van der Waals surface area contributed by atoms with Gasteiger partial charge in [-0.25, -0.2) is 0 Å². The minimum Gasteiger partial charge on any atom is -0.276 e. The molecule has 0 fully saturated rings. The molecule has 18 rings (SSSR count). The molecule has 0 spiro atoms. The molecule has 0 N–H and O–H groups in total. The molecule has 88 heavy (non-hydrogen) atoms. The van der Waals surface area contributed by atoms with Gasteiger partial charge in [-0.2, -0.15) is 0 Å². The average molecular weight is 1140 g/mol. The van der Waals surface area contributed by atoms with Crippen molar-refractivity contribution in [2.75, 3.05) is 0 Å². The van der Waals surface area contributed by atoms with Crippen LogP contribution in [0.1, 0.15) is 18.1 Å². The van der Waals surface area contributed by atoms with Gasteiger partial charge in [0.05, 0.1) is 21.4 Å². The Morgan fingerprint density at radius 1 is 0.295 bits per heavy atom. The van der Waals surface area contributed by atoms with Gasteiger partial charge in [0.15, 0.2) is 0 Å².